The van der Waals surface area contributed by atoms with E-state index >= 15 is 0 Å². The maximum atomic E-state index is 10.8. The molecule has 0 atom stereocenters. The van der Waals surface area contributed by atoms with E-state index in [-0.39, 0.29) is 17.6 Å². The molecule has 1 aliphatic heterocycles. The predicted molar refractivity (Wildman–Crippen MR) is 40.2 cm³/mol. The summed E-state index contributed by atoms with van der Waals surface area (Å²) in [5, 5.41) is 2.08. The van der Waals surface area contributed by atoms with Gasteiger partial charge in [0.05, 0.1) is 0 Å². The van der Waals surface area contributed by atoms with Gasteiger partial charge in [0.15, 0.2) is 5.11 Å². The fourth-order valence-corrected chi connectivity index (χ4v) is 0.831. The van der Waals surface area contributed by atoms with Gasteiger partial charge in [0, 0.05) is 0 Å². The molecule has 0 bridgehead atoms. The van der Waals surface area contributed by atoms with Crippen LogP contribution in [0.5, 0.6) is 0 Å². The van der Waals surface area contributed by atoms with Gasteiger partial charge in [0.2, 0.25) is 5.91 Å². The van der Waals surface area contributed by atoms with Gasteiger partial charge in [-0.25, -0.2) is 10.6 Å². The molecule has 7 heteroatoms. The van der Waals surface area contributed by atoms with E-state index in [0.29, 0.717) is 0 Å². The molecule has 0 spiro atoms. The molecule has 0 radical (unpaired) electrons. The number of thiocarbonyl (C=S) groups is 1. The van der Waals surface area contributed by atoms with E-state index < -0.39 is 6.03 Å². The first-order valence-electron chi connectivity index (χ1n) is 2.77. The second kappa shape index (κ2) is 2.81. The Bertz CT molecular complexity index is 228. The topological polar surface area (TPSA) is 87.5 Å². The number of amides is 3. The van der Waals surface area contributed by atoms with Crippen molar-refractivity contribution < 1.29 is 9.59 Å². The second-order valence-corrected chi connectivity index (χ2v) is 2.28. The van der Waals surface area contributed by atoms with Crippen LogP contribution in [0.1, 0.15) is 0 Å². The van der Waals surface area contributed by atoms with Crippen LogP contribution in [0.2, 0.25) is 0 Å². The van der Waals surface area contributed by atoms with Crippen LogP contribution in [0, 0.1) is 0 Å². The number of nitrogens with zero attached hydrogens (tertiary/aromatic N) is 1. The minimum atomic E-state index is -0.544. The van der Waals surface area contributed by atoms with Crippen molar-refractivity contribution >= 4 is 29.3 Å². The fourth-order valence-electron chi connectivity index (χ4n) is 0.684. The summed E-state index contributed by atoms with van der Waals surface area (Å²) < 4.78 is 0. The van der Waals surface area contributed by atoms with Crippen LogP contribution >= 0.6 is 12.2 Å². The first-order chi connectivity index (χ1) is 5.15. The third-order valence-corrected chi connectivity index (χ3v) is 1.50. The van der Waals surface area contributed by atoms with Crippen molar-refractivity contribution in [2.45, 2.75) is 0 Å². The summed E-state index contributed by atoms with van der Waals surface area (Å²) in [5.41, 5.74) is 2.10. The van der Waals surface area contributed by atoms with Crippen molar-refractivity contribution in [2.24, 2.45) is 5.84 Å². The van der Waals surface area contributed by atoms with Crippen molar-refractivity contribution in [2.75, 3.05) is 6.54 Å². The smallest absolute Gasteiger partial charge is 0.300 e. The van der Waals surface area contributed by atoms with Gasteiger partial charge in [-0.3, -0.25) is 15.0 Å². The molecule has 1 rings (SSSR count). The molecule has 0 unspecified atom stereocenters. The minimum absolute atomic E-state index is 0.0355. The third-order valence-electron chi connectivity index (χ3n) is 1.16. The molecule has 6 nitrogen and oxygen atoms in total. The van der Waals surface area contributed by atoms with Gasteiger partial charge in [-0.05, 0) is 12.2 Å². The van der Waals surface area contributed by atoms with E-state index in [4.69, 9.17) is 5.84 Å². The highest BCUT2D eigenvalue weighted by atomic mass is 32.1. The molecule has 1 saturated heterocycles. The molecule has 0 aromatic carbocycles. The number of nitrogens with two attached hydrogens (primary N) is 1. The van der Waals surface area contributed by atoms with Crippen LogP contribution in [0.3, 0.4) is 0 Å². The third kappa shape index (κ3) is 1.44. The molecule has 1 aliphatic rings. The summed E-state index contributed by atoms with van der Waals surface area (Å²) in [6.07, 6.45) is 0. The molecule has 1 fully saturated rings. The lowest BCUT2D eigenvalue weighted by Crippen LogP contribution is -2.44. The second-order valence-electron chi connectivity index (χ2n) is 1.89. The molecular formula is C4H6N4O2S. The van der Waals surface area contributed by atoms with Crippen molar-refractivity contribution in [3.63, 3.8) is 0 Å². The Balaban J connectivity index is 2.67. The van der Waals surface area contributed by atoms with Crippen molar-refractivity contribution in [1.29, 1.82) is 0 Å². The summed E-state index contributed by atoms with van der Waals surface area (Å²) in [4.78, 5) is 22.4. The number of urea groups is 1. The lowest BCUT2D eigenvalue weighted by Gasteiger charge is -2.11. The van der Waals surface area contributed by atoms with E-state index in [1.54, 1.807) is 0 Å². The summed E-state index contributed by atoms with van der Waals surface area (Å²) in [5.74, 6) is 4.55. The molecule has 0 aromatic rings. The van der Waals surface area contributed by atoms with Gasteiger partial charge < -0.3 is 5.43 Å². The monoisotopic (exact) mass is 174 g/mol. The van der Waals surface area contributed by atoms with Crippen molar-refractivity contribution in [3.05, 3.63) is 0 Å². The molecule has 0 aliphatic carbocycles. The fraction of sp³-hybridized carbons (Fsp3) is 0.250. The highest BCUT2D eigenvalue weighted by Gasteiger charge is 2.29. The minimum Gasteiger partial charge on any atom is -0.300 e. The Morgan fingerprint density at radius 1 is 1.73 bits per heavy atom. The first kappa shape index (κ1) is 7.89. The first-order valence-corrected chi connectivity index (χ1v) is 3.18. The van der Waals surface area contributed by atoms with Gasteiger partial charge in [-0.15, -0.1) is 0 Å². The molecule has 0 saturated carbocycles. The van der Waals surface area contributed by atoms with Crippen molar-refractivity contribution in [1.82, 2.24) is 15.6 Å². The SMILES string of the molecule is NNC(=S)N1CC(=O)NC1=O. The van der Waals surface area contributed by atoms with Gasteiger partial charge in [0.25, 0.3) is 0 Å². The quantitative estimate of drug-likeness (QED) is 0.176. The number of carbonyl (C=O) groups excluding carboxylic acids is 2. The van der Waals surface area contributed by atoms with Gasteiger partial charge >= 0.3 is 6.03 Å². The summed E-state index contributed by atoms with van der Waals surface area (Å²) >= 11 is 4.62. The van der Waals surface area contributed by atoms with E-state index in [0.717, 1.165) is 4.90 Å². The molecule has 60 valence electrons. The number of imide groups is 1. The maximum absolute atomic E-state index is 10.8. The standard InChI is InChI=1S/C4H6N4O2S/c5-7-4(11)8-1-2(9)6-3(8)10/h1,5H2,(H,7,11)(H,6,9,10). The van der Waals surface area contributed by atoms with E-state index in [2.05, 4.69) is 17.6 Å². The van der Waals surface area contributed by atoms with Gasteiger partial charge in [-0.2, -0.15) is 0 Å². The van der Waals surface area contributed by atoms with Crippen LogP contribution < -0.4 is 16.6 Å². The Hall–Kier alpha value is -1.21. The number of hydrogen-bond donors (Lipinski definition) is 3. The Morgan fingerprint density at radius 2 is 2.36 bits per heavy atom. The summed E-state index contributed by atoms with van der Waals surface area (Å²) in [6.45, 7) is -0.0676. The largest absolute Gasteiger partial charge is 0.330 e. The maximum Gasteiger partial charge on any atom is 0.330 e. The van der Waals surface area contributed by atoms with Crippen LogP contribution in [0.4, 0.5) is 4.79 Å². The van der Waals surface area contributed by atoms with Gasteiger partial charge in [0.1, 0.15) is 6.54 Å². The Labute approximate surface area is 67.7 Å². The molecular weight excluding hydrogens is 168 g/mol. The highest BCUT2D eigenvalue weighted by molar-refractivity contribution is 7.80. The Kier molecular flexibility index (Phi) is 2.01. The van der Waals surface area contributed by atoms with Gasteiger partial charge in [-0.1, -0.05) is 0 Å². The Morgan fingerprint density at radius 3 is 2.73 bits per heavy atom. The zero-order chi connectivity index (χ0) is 8.43. The number of hydrazine groups is 1. The zero-order valence-electron chi connectivity index (χ0n) is 5.46. The molecule has 1 heterocycles. The van der Waals surface area contributed by atoms with E-state index in [1.807, 2.05) is 5.32 Å². The normalized spacial score (nSPS) is 16.6. The van der Waals surface area contributed by atoms with E-state index in [1.165, 1.54) is 0 Å². The molecule has 3 amide bonds. The van der Waals surface area contributed by atoms with Crippen LogP contribution in [-0.4, -0.2) is 28.5 Å². The number of rotatable bonds is 0. The lowest BCUT2D eigenvalue weighted by molar-refractivity contribution is -0.118. The highest BCUT2D eigenvalue weighted by Crippen LogP contribution is 1.97. The van der Waals surface area contributed by atoms with Crippen LogP contribution in [0.25, 0.3) is 0 Å². The number of nitrogens with one attached hydrogen (secondary N) is 2. The van der Waals surface area contributed by atoms with Crippen LogP contribution in [-0.2, 0) is 4.79 Å². The van der Waals surface area contributed by atoms with Crippen LogP contribution in [0.15, 0.2) is 0 Å². The molecule has 0 aromatic heterocycles. The van der Waals surface area contributed by atoms with Crippen molar-refractivity contribution in [3.8, 4) is 0 Å². The average molecular weight is 174 g/mol. The number of hydrogen-bond acceptors (Lipinski definition) is 4. The lowest BCUT2D eigenvalue weighted by atomic mass is 10.6. The summed E-state index contributed by atoms with van der Waals surface area (Å²) in [6, 6.07) is -0.544. The summed E-state index contributed by atoms with van der Waals surface area (Å²) in [7, 11) is 0. The molecule has 4 N–H and O–H groups in total. The molecule has 11 heavy (non-hydrogen) atoms. The zero-order valence-corrected chi connectivity index (χ0v) is 6.27. The predicted octanol–water partition coefficient (Wildman–Crippen LogP) is -1.71. The average Bonchev–Trinajstić information content (AvgIpc) is 2.28. The number of carbonyl (C=O) groups is 2. The van der Waals surface area contributed by atoms with E-state index in [9.17, 15) is 9.59 Å².